The molecule has 0 unspecified atom stereocenters. The molecule has 1 fully saturated rings. The van der Waals surface area contributed by atoms with Crippen LogP contribution in [0.4, 0.5) is 0 Å². The highest BCUT2D eigenvalue weighted by Crippen LogP contribution is 2.05. The van der Waals surface area contributed by atoms with Gasteiger partial charge in [-0.1, -0.05) is 12.1 Å². The Morgan fingerprint density at radius 2 is 2.04 bits per heavy atom. The minimum Gasteiger partial charge on any atom is -0.339 e. The largest absolute Gasteiger partial charge is 0.339 e. The van der Waals surface area contributed by atoms with Crippen molar-refractivity contribution in [3.8, 4) is 0 Å². The summed E-state index contributed by atoms with van der Waals surface area (Å²) in [5, 5.41) is 8.24. The lowest BCUT2D eigenvalue weighted by Crippen LogP contribution is -2.48. The van der Waals surface area contributed by atoms with Crippen molar-refractivity contribution < 1.29 is 4.79 Å². The number of hydrogen-bond donors (Lipinski definition) is 0. The summed E-state index contributed by atoms with van der Waals surface area (Å²) in [7, 11) is 2.08. The first kappa shape index (κ1) is 15.7. The van der Waals surface area contributed by atoms with Crippen molar-refractivity contribution >= 4 is 5.91 Å². The summed E-state index contributed by atoms with van der Waals surface area (Å²) < 4.78 is 3.68. The van der Waals surface area contributed by atoms with Crippen LogP contribution < -0.4 is 0 Å². The number of amides is 1. The average molecular weight is 317 g/mol. The van der Waals surface area contributed by atoms with E-state index in [1.165, 1.54) is 0 Å². The molecule has 0 aromatic carbocycles. The van der Waals surface area contributed by atoms with E-state index in [1.54, 1.807) is 10.9 Å². The topological polar surface area (TPSA) is 72.1 Å². The summed E-state index contributed by atoms with van der Waals surface area (Å²) in [5.74, 6) is 1.12. The predicted molar refractivity (Wildman–Crippen MR) is 84.8 cm³/mol. The fourth-order valence-electron chi connectivity index (χ4n) is 2.76. The van der Waals surface area contributed by atoms with E-state index in [0.717, 1.165) is 44.1 Å². The molecule has 0 spiro atoms. The Hall–Kier alpha value is -2.22. The molecule has 0 atom stereocenters. The number of piperazine rings is 1. The lowest BCUT2D eigenvalue weighted by Gasteiger charge is -2.32. The molecule has 2 aromatic rings. The van der Waals surface area contributed by atoms with Crippen molar-refractivity contribution in [1.82, 2.24) is 34.3 Å². The molecule has 0 N–H and O–H groups in total. The molecule has 1 aliphatic rings. The van der Waals surface area contributed by atoms with Gasteiger partial charge in [-0.05, 0) is 7.05 Å². The van der Waals surface area contributed by atoms with E-state index in [-0.39, 0.29) is 12.5 Å². The van der Waals surface area contributed by atoms with Gasteiger partial charge in [-0.25, -0.2) is 9.67 Å². The second kappa shape index (κ2) is 6.91. The van der Waals surface area contributed by atoms with Crippen LogP contribution in [0.5, 0.6) is 0 Å². The Bertz CT molecular complexity index is 654. The van der Waals surface area contributed by atoms with Crippen molar-refractivity contribution in [2.75, 3.05) is 33.2 Å². The molecule has 0 radical (unpaired) electrons. The minimum absolute atomic E-state index is 0.103. The van der Waals surface area contributed by atoms with Gasteiger partial charge in [0.25, 0.3) is 0 Å². The molecule has 23 heavy (non-hydrogen) atoms. The first-order valence-corrected chi connectivity index (χ1v) is 8.01. The zero-order chi connectivity index (χ0) is 16.2. The van der Waals surface area contributed by atoms with E-state index in [4.69, 9.17) is 0 Å². The number of likely N-dealkylation sites (N-methyl/N-ethyl adjacent to an activating group) is 1. The number of aromatic nitrogens is 5. The molecule has 3 rings (SSSR count). The third kappa shape index (κ3) is 3.76. The van der Waals surface area contributed by atoms with Crippen LogP contribution in [-0.4, -0.2) is 73.5 Å². The lowest BCUT2D eigenvalue weighted by atomic mass is 10.3. The Labute approximate surface area is 135 Å². The van der Waals surface area contributed by atoms with Crippen LogP contribution in [-0.2, 0) is 24.3 Å². The van der Waals surface area contributed by atoms with Crippen molar-refractivity contribution in [2.45, 2.75) is 26.4 Å². The minimum atomic E-state index is 0.103. The Balaban J connectivity index is 1.58. The van der Waals surface area contributed by atoms with E-state index in [2.05, 4.69) is 38.7 Å². The molecule has 8 nitrogen and oxygen atoms in total. The zero-order valence-corrected chi connectivity index (χ0v) is 13.7. The highest BCUT2D eigenvalue weighted by molar-refractivity contribution is 5.76. The second-order valence-electron chi connectivity index (χ2n) is 5.92. The van der Waals surface area contributed by atoms with E-state index in [1.807, 2.05) is 17.3 Å². The summed E-state index contributed by atoms with van der Waals surface area (Å²) in [6.45, 7) is 6.37. The van der Waals surface area contributed by atoms with Crippen LogP contribution in [0.25, 0.3) is 0 Å². The van der Waals surface area contributed by atoms with E-state index < -0.39 is 0 Å². The van der Waals surface area contributed by atoms with Gasteiger partial charge >= 0.3 is 0 Å². The highest BCUT2D eigenvalue weighted by atomic mass is 16.2. The molecule has 8 heteroatoms. The maximum atomic E-state index is 12.3. The average Bonchev–Trinajstić information content (AvgIpc) is 3.17. The zero-order valence-electron chi connectivity index (χ0n) is 13.7. The number of carbonyl (C=O) groups is 1. The molecule has 0 saturated carbocycles. The number of imidazole rings is 1. The van der Waals surface area contributed by atoms with Gasteiger partial charge in [0.2, 0.25) is 5.91 Å². The summed E-state index contributed by atoms with van der Waals surface area (Å²) in [6, 6.07) is 0. The summed E-state index contributed by atoms with van der Waals surface area (Å²) in [5.41, 5.74) is 0.837. The fraction of sp³-hybridized carbons (Fsp3) is 0.600. The first-order chi connectivity index (χ1) is 11.2. The molecule has 1 aliphatic heterocycles. The summed E-state index contributed by atoms with van der Waals surface area (Å²) >= 11 is 0. The standard InChI is InChI=1S/C15H23N7O/c1-3-14-16-4-5-21(14)10-13-11-22(18-17-13)12-15(23)20-8-6-19(2)7-9-20/h4-5,11H,3,6-10,12H2,1-2H3. The summed E-state index contributed by atoms with van der Waals surface area (Å²) in [4.78, 5) is 20.7. The van der Waals surface area contributed by atoms with E-state index in [9.17, 15) is 4.79 Å². The Kier molecular flexibility index (Phi) is 4.71. The van der Waals surface area contributed by atoms with Gasteiger partial charge < -0.3 is 14.4 Å². The molecule has 1 saturated heterocycles. The van der Waals surface area contributed by atoms with Crippen LogP contribution in [0.15, 0.2) is 18.6 Å². The van der Waals surface area contributed by atoms with Crippen molar-refractivity contribution in [2.24, 2.45) is 0 Å². The molecule has 0 bridgehead atoms. The molecule has 124 valence electrons. The molecular weight excluding hydrogens is 294 g/mol. The molecule has 3 heterocycles. The summed E-state index contributed by atoms with van der Waals surface area (Å²) in [6.07, 6.45) is 6.45. The van der Waals surface area contributed by atoms with Crippen LogP contribution in [0.1, 0.15) is 18.4 Å². The molecule has 2 aromatic heterocycles. The van der Waals surface area contributed by atoms with Crippen LogP contribution in [0.2, 0.25) is 0 Å². The monoisotopic (exact) mass is 317 g/mol. The predicted octanol–water partition coefficient (Wildman–Crippen LogP) is -0.141. The van der Waals surface area contributed by atoms with Crippen molar-refractivity contribution in [1.29, 1.82) is 0 Å². The van der Waals surface area contributed by atoms with Gasteiger partial charge in [-0.2, -0.15) is 0 Å². The number of carbonyl (C=O) groups excluding carboxylic acids is 1. The van der Waals surface area contributed by atoms with E-state index in [0.29, 0.717) is 6.54 Å². The third-order valence-corrected chi connectivity index (χ3v) is 4.19. The van der Waals surface area contributed by atoms with Gasteiger partial charge in [0.15, 0.2) is 0 Å². The Morgan fingerprint density at radius 1 is 1.26 bits per heavy atom. The number of rotatable bonds is 5. The normalized spacial score (nSPS) is 16.0. The number of hydrogen-bond acceptors (Lipinski definition) is 5. The molecular formula is C15H23N7O. The second-order valence-corrected chi connectivity index (χ2v) is 5.92. The first-order valence-electron chi connectivity index (χ1n) is 8.01. The van der Waals surface area contributed by atoms with Crippen LogP contribution in [0, 0.1) is 0 Å². The van der Waals surface area contributed by atoms with Gasteiger partial charge in [0.1, 0.15) is 18.1 Å². The molecule has 1 amide bonds. The van der Waals surface area contributed by atoms with Crippen molar-refractivity contribution in [3.05, 3.63) is 30.1 Å². The smallest absolute Gasteiger partial charge is 0.244 e. The SMILES string of the molecule is CCc1nccn1Cc1cn(CC(=O)N2CCN(C)CC2)nn1. The number of aryl methyl sites for hydroxylation is 1. The Morgan fingerprint density at radius 3 is 2.78 bits per heavy atom. The quantitative estimate of drug-likeness (QED) is 0.767. The van der Waals surface area contributed by atoms with Gasteiger partial charge in [-0.3, -0.25) is 4.79 Å². The maximum Gasteiger partial charge on any atom is 0.244 e. The van der Waals surface area contributed by atoms with Crippen LogP contribution >= 0.6 is 0 Å². The lowest BCUT2D eigenvalue weighted by molar-refractivity contribution is -0.133. The van der Waals surface area contributed by atoms with Gasteiger partial charge in [0, 0.05) is 45.0 Å². The van der Waals surface area contributed by atoms with Crippen LogP contribution in [0.3, 0.4) is 0 Å². The third-order valence-electron chi connectivity index (χ3n) is 4.19. The van der Waals surface area contributed by atoms with Crippen molar-refractivity contribution in [3.63, 3.8) is 0 Å². The van der Waals surface area contributed by atoms with Gasteiger partial charge in [-0.15, -0.1) is 5.10 Å². The molecule has 0 aliphatic carbocycles. The number of nitrogens with zero attached hydrogens (tertiary/aromatic N) is 7. The fourth-order valence-corrected chi connectivity index (χ4v) is 2.76. The van der Waals surface area contributed by atoms with Gasteiger partial charge in [0.05, 0.1) is 12.7 Å². The highest BCUT2D eigenvalue weighted by Gasteiger charge is 2.19. The maximum absolute atomic E-state index is 12.3. The van der Waals surface area contributed by atoms with E-state index >= 15 is 0 Å².